The lowest BCUT2D eigenvalue weighted by Gasteiger charge is -2.08. The number of thioether (sulfide) groups is 1. The van der Waals surface area contributed by atoms with Crippen molar-refractivity contribution in [2.45, 2.75) is 10.7 Å². The van der Waals surface area contributed by atoms with Gasteiger partial charge in [0.25, 0.3) is 11.7 Å². The molecule has 2 aromatic carbocycles. The molecule has 0 fully saturated rings. The third-order valence-corrected chi connectivity index (χ3v) is 3.46. The average molecular weight is 323 g/mol. The fourth-order valence-corrected chi connectivity index (χ4v) is 2.24. The molecule has 1 N–H and O–H groups in total. The van der Waals surface area contributed by atoms with Gasteiger partial charge in [-0.25, -0.2) is 0 Å². The van der Waals surface area contributed by atoms with E-state index in [0.717, 1.165) is 5.75 Å². The van der Waals surface area contributed by atoms with E-state index >= 15 is 0 Å². The van der Waals surface area contributed by atoms with Gasteiger partial charge in [0.2, 0.25) is 0 Å². The van der Waals surface area contributed by atoms with Crippen LogP contribution in [-0.2, 0) is 0 Å². The molecular formula is C16H15F2NO2S. The van der Waals surface area contributed by atoms with Crippen LogP contribution in [0.15, 0.2) is 59.5 Å². The summed E-state index contributed by atoms with van der Waals surface area (Å²) in [6.45, 7) is 0.719. The van der Waals surface area contributed by atoms with E-state index in [1.807, 2.05) is 30.3 Å². The Morgan fingerprint density at radius 2 is 1.77 bits per heavy atom. The molecule has 2 aromatic rings. The average Bonchev–Trinajstić information content (AvgIpc) is 2.52. The third-order valence-electron chi connectivity index (χ3n) is 2.74. The minimum Gasteiger partial charge on any atom is -0.492 e. The minimum atomic E-state index is -2.46. The van der Waals surface area contributed by atoms with Crippen molar-refractivity contribution < 1.29 is 18.3 Å². The number of amides is 1. The van der Waals surface area contributed by atoms with E-state index in [0.29, 0.717) is 35.4 Å². The van der Waals surface area contributed by atoms with Crippen molar-refractivity contribution in [2.75, 3.05) is 13.2 Å². The van der Waals surface area contributed by atoms with Crippen molar-refractivity contribution in [3.63, 3.8) is 0 Å². The Bertz CT molecular complexity index is 591. The zero-order valence-corrected chi connectivity index (χ0v) is 12.5. The van der Waals surface area contributed by atoms with Crippen molar-refractivity contribution in [1.29, 1.82) is 0 Å². The summed E-state index contributed by atoms with van der Waals surface area (Å²) in [4.78, 5) is 12.3. The molecule has 0 aliphatic carbocycles. The van der Waals surface area contributed by atoms with Crippen molar-refractivity contribution in [3.8, 4) is 5.75 Å². The van der Waals surface area contributed by atoms with Crippen molar-refractivity contribution in [3.05, 3.63) is 60.2 Å². The molecule has 0 heterocycles. The summed E-state index contributed by atoms with van der Waals surface area (Å²) >= 11 is 0.453. The molecule has 0 radical (unpaired) electrons. The number of nitrogens with one attached hydrogen (secondary N) is 1. The maximum atomic E-state index is 12.2. The van der Waals surface area contributed by atoms with Gasteiger partial charge in [0.05, 0.1) is 6.54 Å². The van der Waals surface area contributed by atoms with Gasteiger partial charge >= 0.3 is 0 Å². The first-order valence-electron chi connectivity index (χ1n) is 6.66. The number of hydrogen-bond donors (Lipinski definition) is 1. The van der Waals surface area contributed by atoms with Crippen LogP contribution in [0.5, 0.6) is 5.75 Å². The first-order valence-corrected chi connectivity index (χ1v) is 7.54. The van der Waals surface area contributed by atoms with Gasteiger partial charge in [-0.3, -0.25) is 4.79 Å². The zero-order valence-electron chi connectivity index (χ0n) is 11.7. The highest BCUT2D eigenvalue weighted by Crippen LogP contribution is 2.25. The number of alkyl halides is 2. The molecule has 116 valence electrons. The predicted molar refractivity (Wildman–Crippen MR) is 82.6 cm³/mol. The lowest BCUT2D eigenvalue weighted by Crippen LogP contribution is -2.28. The van der Waals surface area contributed by atoms with Crippen LogP contribution < -0.4 is 10.1 Å². The summed E-state index contributed by atoms with van der Waals surface area (Å²) in [6, 6.07) is 15.4. The number of hydrogen-bond acceptors (Lipinski definition) is 3. The molecule has 6 heteroatoms. The molecule has 0 unspecified atom stereocenters. The second kappa shape index (κ2) is 8.38. The third kappa shape index (κ3) is 5.37. The second-order valence-corrected chi connectivity index (χ2v) is 5.38. The molecule has 1 amide bonds. The zero-order chi connectivity index (χ0) is 15.8. The van der Waals surface area contributed by atoms with Gasteiger partial charge in [0.15, 0.2) is 0 Å². The molecule has 0 aromatic heterocycles. The number of para-hydroxylation sites is 1. The number of carbonyl (C=O) groups excluding carboxylic acids is 1. The summed E-state index contributed by atoms with van der Waals surface area (Å²) < 4.78 is 29.8. The Morgan fingerprint density at radius 3 is 2.41 bits per heavy atom. The van der Waals surface area contributed by atoms with Gasteiger partial charge in [-0.2, -0.15) is 8.78 Å². The number of carbonyl (C=O) groups is 1. The molecule has 0 aliphatic heterocycles. The lowest BCUT2D eigenvalue weighted by atomic mass is 10.2. The van der Waals surface area contributed by atoms with Crippen molar-refractivity contribution >= 4 is 17.7 Å². The molecule has 0 atom stereocenters. The molecule has 22 heavy (non-hydrogen) atoms. The van der Waals surface area contributed by atoms with Crippen LogP contribution in [-0.4, -0.2) is 24.8 Å². The number of halogens is 2. The van der Waals surface area contributed by atoms with Crippen LogP contribution in [0.3, 0.4) is 0 Å². The van der Waals surface area contributed by atoms with E-state index in [4.69, 9.17) is 4.74 Å². The van der Waals surface area contributed by atoms with E-state index in [1.165, 1.54) is 24.3 Å². The van der Waals surface area contributed by atoms with Crippen LogP contribution in [0.25, 0.3) is 0 Å². The predicted octanol–water partition coefficient (Wildman–Crippen LogP) is 3.81. The highest BCUT2D eigenvalue weighted by atomic mass is 32.2. The van der Waals surface area contributed by atoms with Gasteiger partial charge in [-0.1, -0.05) is 30.0 Å². The SMILES string of the molecule is O=C(NCCOc1ccccc1)c1ccc(SC(F)F)cc1. The Morgan fingerprint density at radius 1 is 1.09 bits per heavy atom. The van der Waals surface area contributed by atoms with Crippen molar-refractivity contribution in [1.82, 2.24) is 5.32 Å². The van der Waals surface area contributed by atoms with Gasteiger partial charge in [-0.05, 0) is 36.4 Å². The van der Waals surface area contributed by atoms with Crippen LogP contribution >= 0.6 is 11.8 Å². The van der Waals surface area contributed by atoms with E-state index in [9.17, 15) is 13.6 Å². The van der Waals surface area contributed by atoms with Gasteiger partial charge < -0.3 is 10.1 Å². The largest absolute Gasteiger partial charge is 0.492 e. The Kier molecular flexibility index (Phi) is 6.21. The molecule has 0 saturated carbocycles. The highest BCUT2D eigenvalue weighted by Gasteiger charge is 2.08. The highest BCUT2D eigenvalue weighted by molar-refractivity contribution is 7.99. The quantitative estimate of drug-likeness (QED) is 0.622. The van der Waals surface area contributed by atoms with E-state index in [1.54, 1.807) is 0 Å². The summed E-state index contributed by atoms with van der Waals surface area (Å²) in [6.07, 6.45) is 0. The fourth-order valence-electron chi connectivity index (χ4n) is 1.74. The van der Waals surface area contributed by atoms with E-state index in [2.05, 4.69) is 5.32 Å². The van der Waals surface area contributed by atoms with Gasteiger partial charge in [0, 0.05) is 10.5 Å². The molecular weight excluding hydrogens is 308 g/mol. The Labute approximate surface area is 131 Å². The van der Waals surface area contributed by atoms with Crippen molar-refractivity contribution in [2.24, 2.45) is 0 Å². The molecule has 3 nitrogen and oxygen atoms in total. The summed E-state index contributed by atoms with van der Waals surface area (Å²) in [5.41, 5.74) is 0.429. The standard InChI is InChI=1S/C16H15F2NO2S/c17-16(18)22-14-8-6-12(7-9-14)15(20)19-10-11-21-13-4-2-1-3-5-13/h1-9,16H,10-11H2,(H,19,20). The van der Waals surface area contributed by atoms with Crippen LogP contribution in [0, 0.1) is 0 Å². The first kappa shape index (κ1) is 16.3. The fraction of sp³-hybridized carbons (Fsp3) is 0.188. The summed E-state index contributed by atoms with van der Waals surface area (Å²) in [5.74, 6) is -1.98. The second-order valence-electron chi connectivity index (χ2n) is 4.32. The normalized spacial score (nSPS) is 10.5. The first-order chi connectivity index (χ1) is 10.6. The number of rotatable bonds is 7. The molecule has 0 aliphatic rings. The molecule has 2 rings (SSSR count). The lowest BCUT2D eigenvalue weighted by molar-refractivity contribution is 0.0947. The molecule has 0 bridgehead atoms. The summed E-state index contributed by atoms with van der Waals surface area (Å²) in [5, 5.41) is 2.71. The summed E-state index contributed by atoms with van der Waals surface area (Å²) in [7, 11) is 0. The van der Waals surface area contributed by atoms with E-state index < -0.39 is 5.76 Å². The minimum absolute atomic E-state index is 0.259. The monoisotopic (exact) mass is 323 g/mol. The maximum absolute atomic E-state index is 12.2. The van der Waals surface area contributed by atoms with Gasteiger partial charge in [0.1, 0.15) is 12.4 Å². The molecule has 0 saturated heterocycles. The van der Waals surface area contributed by atoms with E-state index in [-0.39, 0.29) is 5.91 Å². The Hall–Kier alpha value is -2.08. The van der Waals surface area contributed by atoms with Gasteiger partial charge in [-0.15, -0.1) is 0 Å². The smallest absolute Gasteiger partial charge is 0.288 e. The van der Waals surface area contributed by atoms with Crippen LogP contribution in [0.2, 0.25) is 0 Å². The maximum Gasteiger partial charge on any atom is 0.288 e. The topological polar surface area (TPSA) is 38.3 Å². The Balaban J connectivity index is 1.75. The number of ether oxygens (including phenoxy) is 1. The van der Waals surface area contributed by atoms with Crippen LogP contribution in [0.1, 0.15) is 10.4 Å². The number of benzene rings is 2. The van der Waals surface area contributed by atoms with Crippen LogP contribution in [0.4, 0.5) is 8.78 Å². The molecule has 0 spiro atoms.